The number of nitrogens with one attached hydrogen (secondary N) is 2. The molecule has 1 rings (SSSR count). The highest BCUT2D eigenvalue weighted by molar-refractivity contribution is 7.93. The van der Waals surface area contributed by atoms with Gasteiger partial charge < -0.3 is 0 Å². The minimum atomic E-state index is -3.60. The first kappa shape index (κ1) is 9.54. The maximum atomic E-state index is 11.3. The summed E-state index contributed by atoms with van der Waals surface area (Å²) in [6.07, 6.45) is 2.71. The molecular formula is C6H8N4O2S. The van der Waals surface area contributed by atoms with Crippen LogP contribution < -0.4 is 4.72 Å². The average Bonchev–Trinajstić information content (AvgIpc) is 2.54. The minimum absolute atomic E-state index is 0.321. The SMILES string of the molecule is CC(C#N)S(=O)(=O)Nc1cn[nH]c1. The van der Waals surface area contributed by atoms with Gasteiger partial charge in [0.05, 0.1) is 18.0 Å². The fourth-order valence-corrected chi connectivity index (χ4v) is 1.38. The van der Waals surface area contributed by atoms with Crippen LogP contribution in [0.4, 0.5) is 5.69 Å². The highest BCUT2D eigenvalue weighted by Gasteiger charge is 2.19. The molecule has 2 N–H and O–H groups in total. The van der Waals surface area contributed by atoms with Crippen molar-refractivity contribution in [1.29, 1.82) is 5.26 Å². The fraction of sp³-hybridized carbons (Fsp3) is 0.333. The summed E-state index contributed by atoms with van der Waals surface area (Å²) in [7, 11) is -3.60. The van der Waals surface area contributed by atoms with Crippen molar-refractivity contribution >= 4 is 15.7 Å². The van der Waals surface area contributed by atoms with Gasteiger partial charge in [-0.15, -0.1) is 0 Å². The van der Waals surface area contributed by atoms with E-state index in [4.69, 9.17) is 5.26 Å². The molecule has 1 unspecified atom stereocenters. The molecule has 0 saturated carbocycles. The Bertz CT molecular complexity index is 402. The zero-order chi connectivity index (χ0) is 9.90. The van der Waals surface area contributed by atoms with Gasteiger partial charge in [-0.1, -0.05) is 0 Å². The smallest absolute Gasteiger partial charge is 0.248 e. The lowest BCUT2D eigenvalue weighted by Gasteiger charge is -2.05. The summed E-state index contributed by atoms with van der Waals surface area (Å²) in [6, 6.07) is 1.64. The molecule has 1 aromatic rings. The number of hydrogen-bond donors (Lipinski definition) is 2. The molecule has 0 fully saturated rings. The molecule has 1 atom stereocenters. The molecule has 13 heavy (non-hydrogen) atoms. The van der Waals surface area contributed by atoms with Gasteiger partial charge in [-0.05, 0) is 6.92 Å². The van der Waals surface area contributed by atoms with E-state index >= 15 is 0 Å². The Balaban J connectivity index is 2.81. The molecule has 0 aliphatic heterocycles. The molecule has 0 bridgehead atoms. The van der Waals surface area contributed by atoms with E-state index in [1.807, 2.05) is 0 Å². The second-order valence-electron chi connectivity index (χ2n) is 2.41. The van der Waals surface area contributed by atoms with Crippen LogP contribution in [0.25, 0.3) is 0 Å². The first-order chi connectivity index (χ1) is 6.06. The molecule has 0 spiro atoms. The van der Waals surface area contributed by atoms with Crippen molar-refractivity contribution in [2.75, 3.05) is 4.72 Å². The van der Waals surface area contributed by atoms with E-state index in [0.29, 0.717) is 5.69 Å². The zero-order valence-corrected chi connectivity index (χ0v) is 7.67. The monoisotopic (exact) mass is 200 g/mol. The average molecular weight is 200 g/mol. The second-order valence-corrected chi connectivity index (χ2v) is 4.41. The third-order valence-corrected chi connectivity index (χ3v) is 2.96. The number of nitrogens with zero attached hydrogens (tertiary/aromatic N) is 2. The van der Waals surface area contributed by atoms with Gasteiger partial charge in [-0.25, -0.2) is 8.42 Å². The molecule has 0 aliphatic carbocycles. The first-order valence-corrected chi connectivity index (χ1v) is 5.01. The van der Waals surface area contributed by atoms with Crippen molar-refractivity contribution in [1.82, 2.24) is 10.2 Å². The summed E-state index contributed by atoms with van der Waals surface area (Å²) < 4.78 is 24.7. The summed E-state index contributed by atoms with van der Waals surface area (Å²) in [5.74, 6) is 0. The van der Waals surface area contributed by atoms with E-state index < -0.39 is 15.3 Å². The van der Waals surface area contributed by atoms with Crippen molar-refractivity contribution in [3.63, 3.8) is 0 Å². The molecule has 0 saturated heterocycles. The van der Waals surface area contributed by atoms with Gasteiger partial charge in [0.1, 0.15) is 0 Å². The van der Waals surface area contributed by atoms with Crippen molar-refractivity contribution in [2.24, 2.45) is 0 Å². The Hall–Kier alpha value is -1.55. The third kappa shape index (κ3) is 2.19. The van der Waals surface area contributed by atoms with Crippen LogP contribution in [0.1, 0.15) is 6.92 Å². The van der Waals surface area contributed by atoms with Crippen LogP contribution in [-0.4, -0.2) is 23.9 Å². The second kappa shape index (κ2) is 3.45. The Morgan fingerprint density at radius 2 is 2.46 bits per heavy atom. The number of aromatic amines is 1. The Labute approximate surface area is 75.6 Å². The molecular weight excluding hydrogens is 192 g/mol. The summed E-state index contributed by atoms with van der Waals surface area (Å²) in [4.78, 5) is 0. The Morgan fingerprint density at radius 1 is 1.77 bits per heavy atom. The molecule has 70 valence electrons. The normalized spacial score (nSPS) is 13.2. The number of rotatable bonds is 3. The van der Waals surface area contributed by atoms with E-state index in [0.717, 1.165) is 0 Å². The van der Waals surface area contributed by atoms with Crippen LogP contribution in [-0.2, 0) is 10.0 Å². The van der Waals surface area contributed by atoms with Gasteiger partial charge in [0, 0.05) is 6.20 Å². The lowest BCUT2D eigenvalue weighted by molar-refractivity contribution is 0.597. The summed E-state index contributed by atoms with van der Waals surface area (Å²) >= 11 is 0. The standard InChI is InChI=1S/C6H8N4O2S/c1-5(2-7)13(11,12)10-6-3-8-9-4-6/h3-5,10H,1H3,(H,8,9). The van der Waals surface area contributed by atoms with Gasteiger partial charge in [-0.3, -0.25) is 9.82 Å². The number of H-pyrrole nitrogens is 1. The van der Waals surface area contributed by atoms with Crippen molar-refractivity contribution < 1.29 is 8.42 Å². The third-order valence-electron chi connectivity index (χ3n) is 1.41. The molecule has 7 heteroatoms. The van der Waals surface area contributed by atoms with Crippen LogP contribution in [0.2, 0.25) is 0 Å². The van der Waals surface area contributed by atoms with E-state index in [9.17, 15) is 8.42 Å². The molecule has 0 aromatic carbocycles. The Kier molecular flexibility index (Phi) is 2.53. The fourth-order valence-electron chi connectivity index (χ4n) is 0.629. The molecule has 6 nitrogen and oxygen atoms in total. The van der Waals surface area contributed by atoms with Gasteiger partial charge >= 0.3 is 0 Å². The lowest BCUT2D eigenvalue weighted by atomic mass is 10.5. The summed E-state index contributed by atoms with van der Waals surface area (Å²) in [5, 5.41) is 13.3. The van der Waals surface area contributed by atoms with Crippen LogP contribution in [0.15, 0.2) is 12.4 Å². The van der Waals surface area contributed by atoms with Crippen LogP contribution in [0, 0.1) is 11.3 Å². The number of nitriles is 1. The quantitative estimate of drug-likeness (QED) is 0.720. The molecule has 1 aromatic heterocycles. The molecule has 0 aliphatic rings. The van der Waals surface area contributed by atoms with E-state index in [-0.39, 0.29) is 0 Å². The lowest BCUT2D eigenvalue weighted by Crippen LogP contribution is -2.23. The highest BCUT2D eigenvalue weighted by Crippen LogP contribution is 2.08. The number of sulfonamides is 1. The van der Waals surface area contributed by atoms with E-state index in [1.54, 1.807) is 6.07 Å². The maximum Gasteiger partial charge on any atom is 0.248 e. The summed E-state index contributed by atoms with van der Waals surface area (Å²) in [6.45, 7) is 1.31. The molecule has 0 radical (unpaired) electrons. The number of aromatic nitrogens is 2. The van der Waals surface area contributed by atoms with Crippen LogP contribution in [0.5, 0.6) is 0 Å². The molecule has 1 heterocycles. The number of hydrogen-bond acceptors (Lipinski definition) is 4. The van der Waals surface area contributed by atoms with E-state index in [1.165, 1.54) is 19.3 Å². The topological polar surface area (TPSA) is 98.6 Å². The van der Waals surface area contributed by atoms with Crippen molar-refractivity contribution in [2.45, 2.75) is 12.2 Å². The number of anilines is 1. The van der Waals surface area contributed by atoms with Gasteiger partial charge in [0.15, 0.2) is 5.25 Å². The minimum Gasteiger partial charge on any atom is -0.284 e. The van der Waals surface area contributed by atoms with Crippen molar-refractivity contribution in [3.05, 3.63) is 12.4 Å². The van der Waals surface area contributed by atoms with Gasteiger partial charge in [0.25, 0.3) is 0 Å². The zero-order valence-electron chi connectivity index (χ0n) is 6.85. The van der Waals surface area contributed by atoms with Crippen molar-refractivity contribution in [3.8, 4) is 6.07 Å². The predicted molar refractivity (Wildman–Crippen MR) is 46.2 cm³/mol. The van der Waals surface area contributed by atoms with Crippen LogP contribution >= 0.6 is 0 Å². The predicted octanol–water partition coefficient (Wildman–Crippen LogP) is 0.0635. The largest absolute Gasteiger partial charge is 0.284 e. The van der Waals surface area contributed by atoms with Crippen LogP contribution in [0.3, 0.4) is 0 Å². The Morgan fingerprint density at radius 3 is 2.92 bits per heavy atom. The van der Waals surface area contributed by atoms with Gasteiger partial charge in [0.2, 0.25) is 10.0 Å². The van der Waals surface area contributed by atoms with E-state index in [2.05, 4.69) is 14.9 Å². The summed E-state index contributed by atoms with van der Waals surface area (Å²) in [5.41, 5.74) is 0.321. The highest BCUT2D eigenvalue weighted by atomic mass is 32.2. The first-order valence-electron chi connectivity index (χ1n) is 3.46. The maximum absolute atomic E-state index is 11.3. The molecule has 0 amide bonds. The van der Waals surface area contributed by atoms with Gasteiger partial charge in [-0.2, -0.15) is 10.4 Å².